The summed E-state index contributed by atoms with van der Waals surface area (Å²) in [6, 6.07) is 17.7. The van der Waals surface area contributed by atoms with Gasteiger partial charge in [0.15, 0.2) is 5.78 Å². The van der Waals surface area contributed by atoms with Gasteiger partial charge in [0.2, 0.25) is 0 Å². The van der Waals surface area contributed by atoms with Crippen molar-refractivity contribution >= 4 is 5.78 Å². The van der Waals surface area contributed by atoms with Crippen molar-refractivity contribution in [3.8, 4) is 0 Å². The summed E-state index contributed by atoms with van der Waals surface area (Å²) in [6.07, 6.45) is 1.47. The van der Waals surface area contributed by atoms with E-state index in [2.05, 4.69) is 17.0 Å². The van der Waals surface area contributed by atoms with Gasteiger partial charge in [0.25, 0.3) is 0 Å². The van der Waals surface area contributed by atoms with E-state index in [1.54, 1.807) is 0 Å². The molecule has 0 aromatic heterocycles. The van der Waals surface area contributed by atoms with Crippen LogP contribution in [0.5, 0.6) is 0 Å². The van der Waals surface area contributed by atoms with Gasteiger partial charge in [-0.15, -0.1) is 0 Å². The second-order valence-electron chi connectivity index (χ2n) is 5.72. The molecule has 1 heterocycles. The number of nitrogens with zero attached hydrogens (tertiary/aromatic N) is 1. The molecule has 0 saturated carbocycles. The molecule has 1 atom stereocenters. The maximum atomic E-state index is 12.2. The van der Waals surface area contributed by atoms with E-state index < -0.39 is 0 Å². The minimum absolute atomic E-state index is 0.00789. The van der Waals surface area contributed by atoms with Crippen LogP contribution in [0.25, 0.3) is 0 Å². The number of hydrogen-bond donors (Lipinski definition) is 1. The summed E-state index contributed by atoms with van der Waals surface area (Å²) in [5, 5.41) is 9.76. The van der Waals surface area contributed by atoms with Crippen LogP contribution in [0.4, 0.5) is 0 Å². The number of aliphatic hydroxyl groups is 1. The van der Waals surface area contributed by atoms with Gasteiger partial charge in [0.1, 0.15) is 0 Å². The Hall–Kier alpha value is -1.97. The van der Waals surface area contributed by atoms with Crippen molar-refractivity contribution in [1.82, 2.24) is 4.90 Å². The quantitative estimate of drug-likeness (QED) is 0.862. The van der Waals surface area contributed by atoms with E-state index in [0.717, 1.165) is 18.5 Å². The van der Waals surface area contributed by atoms with E-state index in [1.165, 1.54) is 11.1 Å². The average molecular weight is 295 g/mol. The molecule has 1 N–H and O–H groups in total. The van der Waals surface area contributed by atoms with Gasteiger partial charge in [-0.25, -0.2) is 0 Å². The van der Waals surface area contributed by atoms with Crippen LogP contribution in [-0.4, -0.2) is 35.5 Å². The standard InChI is InChI=1S/C19H21NO2/c21-14-18-17-9-5-4-6-15(17)10-12-20(18)13-11-19(22)16-7-2-1-3-8-16/h1-9,18,21H,10-14H2. The smallest absolute Gasteiger partial charge is 0.164 e. The van der Waals surface area contributed by atoms with Crippen LogP contribution >= 0.6 is 0 Å². The predicted octanol–water partition coefficient (Wildman–Crippen LogP) is 2.85. The van der Waals surface area contributed by atoms with Gasteiger partial charge in [0, 0.05) is 25.1 Å². The first-order valence-electron chi connectivity index (χ1n) is 7.80. The van der Waals surface area contributed by atoms with Crippen LogP contribution in [0.3, 0.4) is 0 Å². The first-order valence-corrected chi connectivity index (χ1v) is 7.80. The molecule has 0 fully saturated rings. The lowest BCUT2D eigenvalue weighted by atomic mass is 9.92. The molecule has 114 valence electrons. The van der Waals surface area contributed by atoms with E-state index in [9.17, 15) is 9.90 Å². The Morgan fingerprint density at radius 3 is 2.59 bits per heavy atom. The van der Waals surface area contributed by atoms with Gasteiger partial charge < -0.3 is 5.11 Å². The second kappa shape index (κ2) is 6.86. The molecule has 0 spiro atoms. The zero-order valence-electron chi connectivity index (χ0n) is 12.6. The molecule has 0 aliphatic carbocycles. The summed E-state index contributed by atoms with van der Waals surface area (Å²) < 4.78 is 0. The Balaban J connectivity index is 1.67. The van der Waals surface area contributed by atoms with E-state index >= 15 is 0 Å². The van der Waals surface area contributed by atoms with Gasteiger partial charge in [-0.3, -0.25) is 9.69 Å². The normalized spacial score (nSPS) is 18.0. The summed E-state index contributed by atoms with van der Waals surface area (Å²) in [5.41, 5.74) is 3.27. The summed E-state index contributed by atoms with van der Waals surface area (Å²) >= 11 is 0. The summed E-state index contributed by atoms with van der Waals surface area (Å²) in [7, 11) is 0. The van der Waals surface area contributed by atoms with E-state index in [0.29, 0.717) is 13.0 Å². The van der Waals surface area contributed by atoms with Gasteiger partial charge in [0.05, 0.1) is 12.6 Å². The lowest BCUT2D eigenvalue weighted by Crippen LogP contribution is -2.38. The summed E-state index contributed by atoms with van der Waals surface area (Å²) in [6.45, 7) is 1.67. The SMILES string of the molecule is O=C(CCN1CCc2ccccc2C1CO)c1ccccc1. The van der Waals surface area contributed by atoms with Crippen molar-refractivity contribution in [3.05, 3.63) is 71.3 Å². The lowest BCUT2D eigenvalue weighted by Gasteiger charge is -2.36. The Morgan fingerprint density at radius 1 is 1.09 bits per heavy atom. The van der Waals surface area contributed by atoms with Crippen LogP contribution in [-0.2, 0) is 6.42 Å². The molecule has 1 aliphatic rings. The highest BCUT2D eigenvalue weighted by molar-refractivity contribution is 5.96. The third kappa shape index (κ3) is 3.11. The summed E-state index contributed by atoms with van der Waals surface area (Å²) in [4.78, 5) is 14.5. The van der Waals surface area contributed by atoms with Crippen molar-refractivity contribution in [2.24, 2.45) is 0 Å². The molecule has 0 bridgehead atoms. The number of Topliss-reactive ketones (excluding diaryl/α,β-unsaturated/α-hetero) is 1. The molecule has 3 nitrogen and oxygen atoms in total. The highest BCUT2D eigenvalue weighted by atomic mass is 16.3. The molecule has 22 heavy (non-hydrogen) atoms. The van der Waals surface area contributed by atoms with E-state index in [1.807, 2.05) is 42.5 Å². The van der Waals surface area contributed by atoms with Crippen LogP contribution in [0, 0.1) is 0 Å². The van der Waals surface area contributed by atoms with E-state index in [4.69, 9.17) is 0 Å². The highest BCUT2D eigenvalue weighted by Gasteiger charge is 2.26. The number of ketones is 1. The van der Waals surface area contributed by atoms with E-state index in [-0.39, 0.29) is 18.4 Å². The molecule has 3 heteroatoms. The Bertz CT molecular complexity index is 639. The molecule has 1 unspecified atom stereocenters. The van der Waals surface area contributed by atoms with Crippen molar-refractivity contribution in [2.45, 2.75) is 18.9 Å². The van der Waals surface area contributed by atoms with Crippen LogP contribution < -0.4 is 0 Å². The summed E-state index contributed by atoms with van der Waals surface area (Å²) in [5.74, 6) is 0.163. The molecule has 2 aromatic carbocycles. The first-order chi connectivity index (χ1) is 10.8. The minimum Gasteiger partial charge on any atom is -0.394 e. The van der Waals surface area contributed by atoms with Gasteiger partial charge in [-0.1, -0.05) is 54.6 Å². The molecule has 0 radical (unpaired) electrons. The Labute approximate surface area is 131 Å². The molecule has 3 rings (SSSR count). The average Bonchev–Trinajstić information content (AvgIpc) is 2.59. The molecule has 2 aromatic rings. The van der Waals surface area contributed by atoms with Gasteiger partial charge in [-0.2, -0.15) is 0 Å². The monoisotopic (exact) mass is 295 g/mol. The number of benzene rings is 2. The van der Waals surface area contributed by atoms with Gasteiger partial charge in [-0.05, 0) is 17.5 Å². The maximum absolute atomic E-state index is 12.2. The van der Waals surface area contributed by atoms with Crippen LogP contribution in [0.15, 0.2) is 54.6 Å². The zero-order chi connectivity index (χ0) is 15.4. The molecular formula is C19H21NO2. The molecule has 0 amide bonds. The number of carbonyl (C=O) groups is 1. The minimum atomic E-state index is 0.00789. The molecule has 0 saturated heterocycles. The van der Waals surface area contributed by atoms with Crippen molar-refractivity contribution in [2.75, 3.05) is 19.7 Å². The van der Waals surface area contributed by atoms with Crippen molar-refractivity contribution in [1.29, 1.82) is 0 Å². The first kappa shape index (κ1) is 14.9. The Morgan fingerprint density at radius 2 is 1.82 bits per heavy atom. The van der Waals surface area contributed by atoms with Crippen LogP contribution in [0.2, 0.25) is 0 Å². The number of carbonyl (C=O) groups excluding carboxylic acids is 1. The third-order valence-electron chi connectivity index (χ3n) is 4.42. The van der Waals surface area contributed by atoms with Crippen molar-refractivity contribution < 1.29 is 9.90 Å². The molecular weight excluding hydrogens is 274 g/mol. The largest absolute Gasteiger partial charge is 0.394 e. The topological polar surface area (TPSA) is 40.5 Å². The molecule has 1 aliphatic heterocycles. The second-order valence-corrected chi connectivity index (χ2v) is 5.72. The fourth-order valence-corrected chi connectivity index (χ4v) is 3.20. The fourth-order valence-electron chi connectivity index (χ4n) is 3.20. The maximum Gasteiger partial charge on any atom is 0.164 e. The van der Waals surface area contributed by atoms with Gasteiger partial charge >= 0.3 is 0 Å². The number of rotatable bonds is 5. The van der Waals surface area contributed by atoms with Crippen molar-refractivity contribution in [3.63, 3.8) is 0 Å². The van der Waals surface area contributed by atoms with Crippen LogP contribution in [0.1, 0.15) is 33.9 Å². The Kier molecular flexibility index (Phi) is 4.66. The third-order valence-corrected chi connectivity index (χ3v) is 4.42. The number of aliphatic hydroxyl groups excluding tert-OH is 1. The highest BCUT2D eigenvalue weighted by Crippen LogP contribution is 2.29. The number of fused-ring (bicyclic) bond motifs is 1. The fraction of sp³-hybridized carbons (Fsp3) is 0.316. The number of hydrogen-bond acceptors (Lipinski definition) is 3. The zero-order valence-corrected chi connectivity index (χ0v) is 12.6. The predicted molar refractivity (Wildman–Crippen MR) is 86.9 cm³/mol. The lowest BCUT2D eigenvalue weighted by molar-refractivity contribution is 0.0886.